The van der Waals surface area contributed by atoms with E-state index in [9.17, 15) is 19.5 Å². The lowest BCUT2D eigenvalue weighted by atomic mass is 9.90. The van der Waals surface area contributed by atoms with Crippen molar-refractivity contribution >= 4 is 17.8 Å². The van der Waals surface area contributed by atoms with E-state index < -0.39 is 12.0 Å². The maximum absolute atomic E-state index is 12.3. The predicted octanol–water partition coefficient (Wildman–Crippen LogP) is 2.08. The summed E-state index contributed by atoms with van der Waals surface area (Å²) in [5.41, 5.74) is 2.08. The maximum atomic E-state index is 12.3. The molecule has 0 fully saturated rings. The standard InChI is InChI=1S/C16H9NO4/c18-14-11-7-3-6-10-12(11)15(19)17(14)13(10)8-4-1-2-5-9(8)16(20)21/h1-7,13H,(H,20,21). The third kappa shape index (κ3) is 1.32. The van der Waals surface area contributed by atoms with Gasteiger partial charge in [-0.3, -0.25) is 14.5 Å². The van der Waals surface area contributed by atoms with Gasteiger partial charge in [-0.25, -0.2) is 4.79 Å². The van der Waals surface area contributed by atoms with Crippen molar-refractivity contribution in [2.75, 3.05) is 0 Å². The van der Waals surface area contributed by atoms with E-state index in [1.54, 1.807) is 36.4 Å². The van der Waals surface area contributed by atoms with E-state index in [0.717, 1.165) is 4.90 Å². The molecule has 2 bridgehead atoms. The smallest absolute Gasteiger partial charge is 0.336 e. The molecule has 1 atom stereocenters. The Morgan fingerprint density at radius 2 is 1.67 bits per heavy atom. The minimum absolute atomic E-state index is 0.105. The summed E-state index contributed by atoms with van der Waals surface area (Å²) in [6, 6.07) is 10.9. The lowest BCUT2D eigenvalue weighted by Crippen LogP contribution is -2.32. The van der Waals surface area contributed by atoms with E-state index in [1.165, 1.54) is 6.07 Å². The zero-order valence-electron chi connectivity index (χ0n) is 10.7. The summed E-state index contributed by atoms with van der Waals surface area (Å²) in [4.78, 5) is 37.1. The van der Waals surface area contributed by atoms with Crippen LogP contribution in [0.3, 0.4) is 0 Å². The molecule has 4 rings (SSSR count). The molecule has 2 heterocycles. The van der Waals surface area contributed by atoms with Crippen LogP contribution in [0.2, 0.25) is 0 Å². The Labute approximate surface area is 119 Å². The highest BCUT2D eigenvalue weighted by Crippen LogP contribution is 2.46. The SMILES string of the molecule is O=C(O)c1ccccc1C1c2cccc3c2C(=O)N1C3=O. The lowest BCUT2D eigenvalue weighted by Gasteiger charge is -2.26. The van der Waals surface area contributed by atoms with Crippen LogP contribution in [0.25, 0.3) is 0 Å². The van der Waals surface area contributed by atoms with E-state index in [2.05, 4.69) is 0 Å². The number of hydrogen-bond donors (Lipinski definition) is 1. The molecule has 2 aliphatic heterocycles. The second-order valence-electron chi connectivity index (χ2n) is 5.05. The van der Waals surface area contributed by atoms with Crippen molar-refractivity contribution in [3.63, 3.8) is 0 Å². The topological polar surface area (TPSA) is 74.7 Å². The van der Waals surface area contributed by atoms with Gasteiger partial charge in [0.25, 0.3) is 11.8 Å². The number of amides is 2. The summed E-state index contributed by atoms with van der Waals surface area (Å²) >= 11 is 0. The fraction of sp³-hybridized carbons (Fsp3) is 0.0625. The monoisotopic (exact) mass is 279 g/mol. The molecule has 0 aliphatic carbocycles. The van der Waals surface area contributed by atoms with Crippen LogP contribution in [0.1, 0.15) is 48.2 Å². The van der Waals surface area contributed by atoms with Crippen LogP contribution in [0, 0.1) is 0 Å². The third-order valence-corrected chi connectivity index (χ3v) is 4.02. The number of imide groups is 1. The average molecular weight is 279 g/mol. The van der Waals surface area contributed by atoms with Crippen LogP contribution in [0.15, 0.2) is 42.5 Å². The molecule has 0 saturated heterocycles. The van der Waals surface area contributed by atoms with Gasteiger partial charge in [-0.1, -0.05) is 30.3 Å². The number of carbonyl (C=O) groups is 3. The fourth-order valence-corrected chi connectivity index (χ4v) is 3.17. The molecule has 2 aromatic carbocycles. The molecule has 0 spiro atoms. The number of benzene rings is 2. The largest absolute Gasteiger partial charge is 0.478 e. The van der Waals surface area contributed by atoms with E-state index >= 15 is 0 Å². The van der Waals surface area contributed by atoms with Gasteiger partial charge in [0.2, 0.25) is 0 Å². The van der Waals surface area contributed by atoms with E-state index in [1.807, 2.05) is 0 Å². The van der Waals surface area contributed by atoms with Crippen molar-refractivity contribution in [1.29, 1.82) is 0 Å². The molecular weight excluding hydrogens is 270 g/mol. The van der Waals surface area contributed by atoms with Gasteiger partial charge in [0, 0.05) is 0 Å². The zero-order valence-corrected chi connectivity index (χ0v) is 10.7. The first-order valence-corrected chi connectivity index (χ1v) is 6.44. The first-order chi connectivity index (χ1) is 10.1. The normalized spacial score (nSPS) is 18.5. The minimum atomic E-state index is -1.07. The molecule has 2 amide bonds. The Hall–Kier alpha value is -2.95. The Bertz CT molecular complexity index is 832. The summed E-state index contributed by atoms with van der Waals surface area (Å²) in [6.45, 7) is 0. The van der Waals surface area contributed by atoms with Crippen LogP contribution < -0.4 is 0 Å². The van der Waals surface area contributed by atoms with E-state index in [0.29, 0.717) is 22.3 Å². The van der Waals surface area contributed by atoms with Crippen molar-refractivity contribution in [3.8, 4) is 0 Å². The van der Waals surface area contributed by atoms with Crippen molar-refractivity contribution in [2.24, 2.45) is 0 Å². The van der Waals surface area contributed by atoms with Gasteiger partial charge < -0.3 is 5.11 Å². The van der Waals surface area contributed by atoms with Gasteiger partial charge in [0.15, 0.2) is 0 Å². The maximum Gasteiger partial charge on any atom is 0.336 e. The molecule has 5 heteroatoms. The molecule has 21 heavy (non-hydrogen) atoms. The quantitative estimate of drug-likeness (QED) is 0.854. The van der Waals surface area contributed by atoms with E-state index in [-0.39, 0.29) is 17.4 Å². The summed E-state index contributed by atoms with van der Waals surface area (Å²) in [5.74, 6) is -1.76. The highest BCUT2D eigenvalue weighted by Gasteiger charge is 2.50. The number of hydrogen-bond acceptors (Lipinski definition) is 3. The highest BCUT2D eigenvalue weighted by atomic mass is 16.4. The van der Waals surface area contributed by atoms with Gasteiger partial charge in [0.1, 0.15) is 0 Å². The van der Waals surface area contributed by atoms with Crippen LogP contribution in [-0.2, 0) is 0 Å². The number of rotatable bonds is 2. The number of carbonyl (C=O) groups excluding carboxylic acids is 2. The lowest BCUT2D eigenvalue weighted by molar-refractivity contribution is 0.0617. The molecule has 0 saturated carbocycles. The van der Waals surface area contributed by atoms with Gasteiger partial charge in [-0.15, -0.1) is 0 Å². The van der Waals surface area contributed by atoms with E-state index in [4.69, 9.17) is 0 Å². The van der Waals surface area contributed by atoms with Crippen LogP contribution in [-0.4, -0.2) is 27.8 Å². The van der Waals surface area contributed by atoms with Crippen molar-refractivity contribution in [3.05, 3.63) is 70.3 Å². The number of nitrogens with zero attached hydrogens (tertiary/aromatic N) is 1. The molecule has 1 N–H and O–H groups in total. The number of carboxylic acid groups (broad SMARTS) is 1. The number of carboxylic acids is 1. The Balaban J connectivity index is 2.00. The second kappa shape index (κ2) is 3.79. The van der Waals surface area contributed by atoms with Gasteiger partial charge in [0.05, 0.1) is 22.7 Å². The number of fused-ring (bicyclic) bond motifs is 1. The molecule has 0 radical (unpaired) electrons. The molecule has 2 aliphatic rings. The Kier molecular flexibility index (Phi) is 2.14. The fourth-order valence-electron chi connectivity index (χ4n) is 3.17. The summed E-state index contributed by atoms with van der Waals surface area (Å²) in [5, 5.41) is 9.32. The minimum Gasteiger partial charge on any atom is -0.478 e. The van der Waals surface area contributed by atoms with Gasteiger partial charge >= 0.3 is 5.97 Å². The van der Waals surface area contributed by atoms with Crippen molar-refractivity contribution < 1.29 is 19.5 Å². The first kappa shape index (κ1) is 11.8. The van der Waals surface area contributed by atoms with Crippen molar-refractivity contribution in [1.82, 2.24) is 4.90 Å². The Morgan fingerprint density at radius 3 is 2.43 bits per heavy atom. The van der Waals surface area contributed by atoms with Gasteiger partial charge in [-0.2, -0.15) is 0 Å². The van der Waals surface area contributed by atoms with Gasteiger partial charge in [-0.05, 0) is 23.3 Å². The molecule has 102 valence electrons. The molecule has 1 unspecified atom stereocenters. The zero-order chi connectivity index (χ0) is 14.7. The third-order valence-electron chi connectivity index (χ3n) is 4.02. The molecule has 2 aromatic rings. The first-order valence-electron chi connectivity index (χ1n) is 6.44. The average Bonchev–Trinajstić information content (AvgIpc) is 2.91. The van der Waals surface area contributed by atoms with Crippen LogP contribution >= 0.6 is 0 Å². The van der Waals surface area contributed by atoms with Crippen molar-refractivity contribution in [2.45, 2.75) is 6.04 Å². The summed E-state index contributed by atoms with van der Waals surface area (Å²) < 4.78 is 0. The van der Waals surface area contributed by atoms with Crippen LogP contribution in [0.5, 0.6) is 0 Å². The molecule has 5 nitrogen and oxygen atoms in total. The second-order valence-corrected chi connectivity index (χ2v) is 5.05. The Morgan fingerprint density at radius 1 is 0.952 bits per heavy atom. The summed E-state index contributed by atoms with van der Waals surface area (Å²) in [6.07, 6.45) is 0. The number of aromatic carboxylic acids is 1. The molecular formula is C16H9NO4. The van der Waals surface area contributed by atoms with Crippen LogP contribution in [0.4, 0.5) is 0 Å². The predicted molar refractivity (Wildman–Crippen MR) is 72.2 cm³/mol. The highest BCUT2D eigenvalue weighted by molar-refractivity contribution is 6.25. The molecule has 0 aromatic heterocycles. The summed E-state index contributed by atoms with van der Waals surface area (Å²) in [7, 11) is 0.